The smallest absolute Gasteiger partial charge is 0.293 e. The van der Waals surface area contributed by atoms with E-state index >= 15 is 0 Å². The van der Waals surface area contributed by atoms with Crippen LogP contribution in [0.1, 0.15) is 33.1 Å². The van der Waals surface area contributed by atoms with Gasteiger partial charge >= 0.3 is 0 Å². The molecule has 1 fully saturated rings. The summed E-state index contributed by atoms with van der Waals surface area (Å²) in [6, 6.07) is 0. The van der Waals surface area contributed by atoms with Crippen LogP contribution in [0.3, 0.4) is 0 Å². The molecule has 0 saturated heterocycles. The van der Waals surface area contributed by atoms with Gasteiger partial charge in [-0.25, -0.2) is 0 Å². The maximum Gasteiger partial charge on any atom is 0.293 e. The van der Waals surface area contributed by atoms with E-state index in [1.165, 1.54) is 0 Å². The highest BCUT2D eigenvalue weighted by Crippen LogP contribution is 2.33. The second-order valence-electron chi connectivity index (χ2n) is 4.07. The van der Waals surface area contributed by atoms with Crippen LogP contribution in [0.25, 0.3) is 0 Å². The van der Waals surface area contributed by atoms with E-state index in [-0.39, 0.29) is 11.2 Å². The fourth-order valence-corrected chi connectivity index (χ4v) is 1.57. The third-order valence-corrected chi connectivity index (χ3v) is 2.32. The molecule has 0 heterocycles. The van der Waals surface area contributed by atoms with Crippen LogP contribution in [0, 0.1) is 5.41 Å². The molecule has 12 heavy (non-hydrogen) atoms. The summed E-state index contributed by atoms with van der Waals surface area (Å²) in [7, 11) is 0. The van der Waals surface area contributed by atoms with Gasteiger partial charge in [-0.05, 0) is 18.3 Å². The van der Waals surface area contributed by atoms with Gasteiger partial charge in [0.15, 0.2) is 11.9 Å². The van der Waals surface area contributed by atoms with Gasteiger partial charge in [0.25, 0.3) is 6.47 Å². The molecule has 0 spiro atoms. The van der Waals surface area contributed by atoms with Crippen molar-refractivity contribution in [2.24, 2.45) is 5.41 Å². The van der Waals surface area contributed by atoms with Crippen molar-refractivity contribution in [2.75, 3.05) is 0 Å². The number of carbonyl (C=O) groups is 2. The Kier molecular flexibility index (Phi) is 2.50. The van der Waals surface area contributed by atoms with Crippen molar-refractivity contribution in [1.29, 1.82) is 0 Å². The van der Waals surface area contributed by atoms with Crippen LogP contribution in [0.15, 0.2) is 0 Å². The van der Waals surface area contributed by atoms with E-state index in [9.17, 15) is 9.59 Å². The van der Waals surface area contributed by atoms with E-state index in [0.29, 0.717) is 19.3 Å². The van der Waals surface area contributed by atoms with Gasteiger partial charge in [-0.2, -0.15) is 0 Å². The minimum Gasteiger partial charge on any atom is -0.457 e. The summed E-state index contributed by atoms with van der Waals surface area (Å²) in [5.74, 6) is 0.0540. The molecule has 0 N–H and O–H groups in total. The second kappa shape index (κ2) is 3.25. The molecular weight excluding hydrogens is 156 g/mol. The fraction of sp³-hybridized carbons (Fsp3) is 0.778. The van der Waals surface area contributed by atoms with Gasteiger partial charge in [-0.15, -0.1) is 0 Å². The first kappa shape index (κ1) is 9.23. The Labute approximate surface area is 72.1 Å². The van der Waals surface area contributed by atoms with Crippen LogP contribution in [0.5, 0.6) is 0 Å². The first-order chi connectivity index (χ1) is 5.55. The van der Waals surface area contributed by atoms with Crippen molar-refractivity contribution < 1.29 is 14.3 Å². The zero-order valence-corrected chi connectivity index (χ0v) is 7.50. The van der Waals surface area contributed by atoms with E-state index in [1.54, 1.807) is 0 Å². The van der Waals surface area contributed by atoms with E-state index < -0.39 is 6.10 Å². The van der Waals surface area contributed by atoms with Crippen LogP contribution in [0.4, 0.5) is 0 Å². The Bertz CT molecular complexity index is 196. The average molecular weight is 170 g/mol. The van der Waals surface area contributed by atoms with E-state index in [2.05, 4.69) is 18.6 Å². The van der Waals surface area contributed by atoms with Crippen molar-refractivity contribution >= 4 is 12.3 Å². The summed E-state index contributed by atoms with van der Waals surface area (Å²) < 4.78 is 4.66. The van der Waals surface area contributed by atoms with Crippen molar-refractivity contribution in [2.45, 2.75) is 39.2 Å². The normalized spacial score (nSPS) is 28.2. The van der Waals surface area contributed by atoms with Gasteiger partial charge in [0.2, 0.25) is 0 Å². The molecule has 1 saturated carbocycles. The first-order valence-electron chi connectivity index (χ1n) is 4.17. The lowest BCUT2D eigenvalue weighted by Crippen LogP contribution is -2.35. The van der Waals surface area contributed by atoms with Gasteiger partial charge in [0.1, 0.15) is 0 Å². The molecule has 0 aromatic rings. The molecule has 0 aromatic carbocycles. The summed E-state index contributed by atoms with van der Waals surface area (Å²) in [5, 5.41) is 0. The molecule has 0 bridgehead atoms. The number of hydrogen-bond acceptors (Lipinski definition) is 3. The zero-order chi connectivity index (χ0) is 9.19. The molecule has 68 valence electrons. The molecule has 1 rings (SSSR count). The molecule has 1 atom stereocenters. The summed E-state index contributed by atoms with van der Waals surface area (Å²) >= 11 is 0. The molecular formula is C9H14O3. The number of ketones is 1. The number of Topliss-reactive ketones (excluding diaryl/α,β-unsaturated/α-hetero) is 1. The van der Waals surface area contributed by atoms with Crippen LogP contribution >= 0.6 is 0 Å². The van der Waals surface area contributed by atoms with E-state index in [1.807, 2.05) is 0 Å². The third-order valence-electron chi connectivity index (χ3n) is 2.32. The van der Waals surface area contributed by atoms with Gasteiger partial charge in [-0.3, -0.25) is 9.59 Å². The predicted molar refractivity (Wildman–Crippen MR) is 43.6 cm³/mol. The largest absolute Gasteiger partial charge is 0.457 e. The average Bonchev–Trinajstić information content (AvgIpc) is 1.94. The lowest BCUT2D eigenvalue weighted by atomic mass is 9.76. The Balaban J connectivity index is 2.53. The summed E-state index contributed by atoms with van der Waals surface area (Å²) in [5.41, 5.74) is 0.0832. The molecule has 1 aliphatic rings. The van der Waals surface area contributed by atoms with E-state index in [4.69, 9.17) is 0 Å². The topological polar surface area (TPSA) is 43.4 Å². The summed E-state index contributed by atoms with van der Waals surface area (Å²) in [6.45, 7) is 4.48. The van der Waals surface area contributed by atoms with Gasteiger partial charge in [0.05, 0.1) is 0 Å². The molecule has 0 radical (unpaired) electrons. The molecule has 1 unspecified atom stereocenters. The Morgan fingerprint density at radius 2 is 2.25 bits per heavy atom. The van der Waals surface area contributed by atoms with Gasteiger partial charge in [0, 0.05) is 6.42 Å². The number of carbonyl (C=O) groups excluding carboxylic acids is 2. The lowest BCUT2D eigenvalue weighted by Gasteiger charge is -2.31. The maximum absolute atomic E-state index is 11.3. The summed E-state index contributed by atoms with van der Waals surface area (Å²) in [4.78, 5) is 21.3. The number of ether oxygens (including phenoxy) is 1. The van der Waals surface area contributed by atoms with Crippen LogP contribution < -0.4 is 0 Å². The highest BCUT2D eigenvalue weighted by molar-refractivity contribution is 5.85. The number of hydrogen-bond donors (Lipinski definition) is 0. The zero-order valence-electron chi connectivity index (χ0n) is 7.50. The van der Waals surface area contributed by atoms with Crippen LogP contribution in [-0.2, 0) is 14.3 Å². The Morgan fingerprint density at radius 3 is 2.75 bits per heavy atom. The quantitative estimate of drug-likeness (QED) is 0.587. The Hall–Kier alpha value is -0.860. The molecule has 1 aliphatic carbocycles. The molecule has 3 nitrogen and oxygen atoms in total. The van der Waals surface area contributed by atoms with Crippen molar-refractivity contribution in [3.8, 4) is 0 Å². The minimum atomic E-state index is -0.476. The maximum atomic E-state index is 11.3. The Morgan fingerprint density at radius 1 is 1.58 bits per heavy atom. The summed E-state index contributed by atoms with van der Waals surface area (Å²) in [6.07, 6.45) is 1.66. The molecule has 0 aromatic heterocycles. The molecule has 0 amide bonds. The lowest BCUT2D eigenvalue weighted by molar-refractivity contribution is -0.148. The van der Waals surface area contributed by atoms with Gasteiger partial charge in [-0.1, -0.05) is 13.8 Å². The monoisotopic (exact) mass is 170 g/mol. The van der Waals surface area contributed by atoms with Crippen molar-refractivity contribution in [3.63, 3.8) is 0 Å². The highest BCUT2D eigenvalue weighted by atomic mass is 16.5. The third kappa shape index (κ3) is 2.06. The minimum absolute atomic E-state index is 0.0540. The van der Waals surface area contributed by atoms with Crippen LogP contribution in [-0.4, -0.2) is 18.4 Å². The first-order valence-corrected chi connectivity index (χ1v) is 4.17. The fourth-order valence-electron chi connectivity index (χ4n) is 1.57. The predicted octanol–water partition coefficient (Wildman–Crippen LogP) is 1.31. The number of rotatable bonds is 2. The van der Waals surface area contributed by atoms with E-state index in [0.717, 1.165) is 6.42 Å². The second-order valence-corrected chi connectivity index (χ2v) is 4.07. The van der Waals surface area contributed by atoms with Crippen molar-refractivity contribution in [3.05, 3.63) is 0 Å². The highest BCUT2D eigenvalue weighted by Gasteiger charge is 2.34. The van der Waals surface area contributed by atoms with Gasteiger partial charge < -0.3 is 4.74 Å². The SMILES string of the molecule is CC1(C)CCC(OC=O)C(=O)C1. The van der Waals surface area contributed by atoms with Crippen molar-refractivity contribution in [1.82, 2.24) is 0 Å². The molecule has 3 heteroatoms. The molecule has 0 aliphatic heterocycles. The van der Waals surface area contributed by atoms with Crippen LogP contribution in [0.2, 0.25) is 0 Å². The standard InChI is InChI=1S/C9H14O3/c1-9(2)4-3-8(12-6-10)7(11)5-9/h6,8H,3-5H2,1-2H3.